The van der Waals surface area contributed by atoms with Crippen molar-refractivity contribution in [3.63, 3.8) is 0 Å². The molecule has 1 saturated heterocycles. The van der Waals surface area contributed by atoms with Gasteiger partial charge in [0.25, 0.3) is 11.1 Å². The van der Waals surface area contributed by atoms with Gasteiger partial charge in [-0.3, -0.25) is 14.5 Å². The molecule has 1 N–H and O–H groups in total. The Balaban J connectivity index is 1.59. The highest BCUT2D eigenvalue weighted by Gasteiger charge is 2.35. The van der Waals surface area contributed by atoms with E-state index in [0.717, 1.165) is 17.5 Å². The molecule has 2 amide bonds. The fourth-order valence-electron chi connectivity index (χ4n) is 2.46. The lowest BCUT2D eigenvalue weighted by Crippen LogP contribution is -2.27. The van der Waals surface area contributed by atoms with Gasteiger partial charge in [0.05, 0.1) is 11.4 Å². The SMILES string of the molecule is O=C1S/C(=C\c2ccc[nH]2)C(=O)N1Cc1cc2c(cc1Cl)OCO2. The molecule has 0 atom stereocenters. The number of carbonyl (C=O) groups excluding carboxylic acids is 2. The number of amides is 2. The zero-order valence-electron chi connectivity index (χ0n) is 12.2. The fourth-order valence-corrected chi connectivity index (χ4v) is 3.50. The molecule has 3 heterocycles. The lowest BCUT2D eigenvalue weighted by atomic mass is 10.2. The van der Waals surface area contributed by atoms with Crippen molar-refractivity contribution < 1.29 is 19.1 Å². The number of rotatable bonds is 3. The highest BCUT2D eigenvalue weighted by Crippen LogP contribution is 2.39. The summed E-state index contributed by atoms with van der Waals surface area (Å²) in [6.07, 6.45) is 3.41. The topological polar surface area (TPSA) is 71.6 Å². The maximum atomic E-state index is 12.5. The van der Waals surface area contributed by atoms with Crippen LogP contribution in [0.4, 0.5) is 4.79 Å². The largest absolute Gasteiger partial charge is 0.454 e. The molecule has 2 aliphatic rings. The van der Waals surface area contributed by atoms with Crippen LogP contribution < -0.4 is 9.47 Å². The van der Waals surface area contributed by atoms with Crippen LogP contribution in [-0.2, 0) is 11.3 Å². The summed E-state index contributed by atoms with van der Waals surface area (Å²) in [5, 5.41) is 0.0955. The van der Waals surface area contributed by atoms with Crippen LogP contribution in [0.1, 0.15) is 11.3 Å². The van der Waals surface area contributed by atoms with Gasteiger partial charge < -0.3 is 14.5 Å². The smallest absolute Gasteiger partial charge is 0.293 e. The summed E-state index contributed by atoms with van der Waals surface area (Å²) < 4.78 is 10.6. The molecule has 2 aromatic rings. The first-order chi connectivity index (χ1) is 11.6. The molecule has 0 radical (unpaired) electrons. The first-order valence-corrected chi connectivity index (χ1v) is 8.28. The van der Waals surface area contributed by atoms with E-state index in [-0.39, 0.29) is 24.5 Å². The van der Waals surface area contributed by atoms with Gasteiger partial charge in [0, 0.05) is 23.0 Å². The third kappa shape index (κ3) is 2.65. The first-order valence-electron chi connectivity index (χ1n) is 7.08. The van der Waals surface area contributed by atoms with Crippen LogP contribution in [0.2, 0.25) is 5.02 Å². The van der Waals surface area contributed by atoms with E-state index in [4.69, 9.17) is 21.1 Å². The molecule has 122 valence electrons. The number of hydrogen-bond donors (Lipinski definition) is 1. The maximum absolute atomic E-state index is 12.5. The van der Waals surface area contributed by atoms with Crippen LogP contribution in [-0.4, -0.2) is 27.8 Å². The number of hydrogen-bond acceptors (Lipinski definition) is 5. The second kappa shape index (κ2) is 5.92. The van der Waals surface area contributed by atoms with Gasteiger partial charge in [-0.25, -0.2) is 0 Å². The maximum Gasteiger partial charge on any atom is 0.293 e. The summed E-state index contributed by atoms with van der Waals surface area (Å²) in [7, 11) is 0. The van der Waals surface area contributed by atoms with E-state index < -0.39 is 0 Å². The zero-order valence-corrected chi connectivity index (χ0v) is 13.8. The van der Waals surface area contributed by atoms with E-state index in [2.05, 4.69) is 4.98 Å². The van der Waals surface area contributed by atoms with Crippen molar-refractivity contribution in [3.05, 3.63) is 51.6 Å². The summed E-state index contributed by atoms with van der Waals surface area (Å²) in [4.78, 5) is 29.2. The molecular formula is C16H11ClN2O4S. The van der Waals surface area contributed by atoms with Gasteiger partial charge in [0.15, 0.2) is 11.5 Å². The average molecular weight is 363 g/mol. The van der Waals surface area contributed by atoms with E-state index in [0.29, 0.717) is 27.0 Å². The molecule has 2 aliphatic heterocycles. The van der Waals surface area contributed by atoms with Gasteiger partial charge in [-0.1, -0.05) is 11.6 Å². The van der Waals surface area contributed by atoms with Crippen molar-refractivity contribution in [2.24, 2.45) is 0 Å². The van der Waals surface area contributed by atoms with Crippen LogP contribution in [0.15, 0.2) is 35.4 Å². The van der Waals surface area contributed by atoms with E-state index in [1.54, 1.807) is 24.4 Å². The Morgan fingerprint density at radius 2 is 2.08 bits per heavy atom. The van der Waals surface area contributed by atoms with Crippen molar-refractivity contribution in [1.82, 2.24) is 9.88 Å². The summed E-state index contributed by atoms with van der Waals surface area (Å²) in [5.41, 5.74) is 1.39. The van der Waals surface area contributed by atoms with Gasteiger partial charge >= 0.3 is 0 Å². The Kier molecular flexibility index (Phi) is 3.74. The van der Waals surface area contributed by atoms with Crippen LogP contribution in [0, 0.1) is 0 Å². The molecule has 0 bridgehead atoms. The summed E-state index contributed by atoms with van der Waals surface area (Å²) in [6.45, 7) is 0.220. The lowest BCUT2D eigenvalue weighted by molar-refractivity contribution is -0.123. The molecule has 1 aromatic heterocycles. The standard InChI is InChI=1S/C16H11ClN2O4S/c17-11-6-13-12(22-8-23-13)4-9(11)7-19-15(20)14(24-16(19)21)5-10-2-1-3-18-10/h1-6,18H,7-8H2/b14-5-. The van der Waals surface area contributed by atoms with E-state index in [9.17, 15) is 9.59 Å². The number of thioether (sulfide) groups is 1. The number of carbonyl (C=O) groups is 2. The Bertz CT molecular complexity index is 863. The minimum atomic E-state index is -0.340. The van der Waals surface area contributed by atoms with Crippen LogP contribution in [0.25, 0.3) is 6.08 Å². The van der Waals surface area contributed by atoms with Gasteiger partial charge in [-0.2, -0.15) is 0 Å². The Morgan fingerprint density at radius 3 is 2.83 bits per heavy atom. The fraction of sp³-hybridized carbons (Fsp3) is 0.125. The highest BCUT2D eigenvalue weighted by atomic mass is 35.5. The van der Waals surface area contributed by atoms with Gasteiger partial charge in [-0.05, 0) is 41.6 Å². The van der Waals surface area contributed by atoms with Crippen molar-refractivity contribution in [2.75, 3.05) is 6.79 Å². The summed E-state index contributed by atoms with van der Waals surface area (Å²) >= 11 is 7.13. The van der Waals surface area contributed by atoms with Crippen molar-refractivity contribution >= 4 is 40.6 Å². The predicted molar refractivity (Wildman–Crippen MR) is 89.9 cm³/mol. The number of aromatic nitrogens is 1. The Labute approximate surface area is 146 Å². The van der Waals surface area contributed by atoms with Gasteiger partial charge in [0.1, 0.15) is 0 Å². The minimum Gasteiger partial charge on any atom is -0.454 e. The van der Waals surface area contributed by atoms with E-state index in [1.165, 1.54) is 4.90 Å². The highest BCUT2D eigenvalue weighted by molar-refractivity contribution is 8.18. The minimum absolute atomic E-state index is 0.0855. The number of nitrogens with one attached hydrogen (secondary N) is 1. The number of ether oxygens (including phenoxy) is 2. The molecule has 1 aromatic carbocycles. The number of H-pyrrole nitrogens is 1. The molecular weight excluding hydrogens is 352 g/mol. The molecule has 8 heteroatoms. The Morgan fingerprint density at radius 1 is 1.29 bits per heavy atom. The van der Waals surface area contributed by atoms with Crippen molar-refractivity contribution in [2.45, 2.75) is 6.54 Å². The number of benzene rings is 1. The molecule has 0 aliphatic carbocycles. The number of aromatic amines is 1. The molecule has 4 rings (SSSR count). The second-order valence-corrected chi connectivity index (χ2v) is 6.59. The second-order valence-electron chi connectivity index (χ2n) is 5.19. The normalized spacial score (nSPS) is 18.0. The molecule has 1 fully saturated rings. The third-order valence-corrected chi connectivity index (χ3v) is 4.91. The van der Waals surface area contributed by atoms with Crippen LogP contribution in [0.3, 0.4) is 0 Å². The number of nitrogens with zero attached hydrogens (tertiary/aromatic N) is 1. The molecule has 0 spiro atoms. The lowest BCUT2D eigenvalue weighted by Gasteiger charge is -2.14. The third-order valence-electron chi connectivity index (χ3n) is 3.65. The van der Waals surface area contributed by atoms with Crippen molar-refractivity contribution in [1.29, 1.82) is 0 Å². The van der Waals surface area contributed by atoms with Crippen molar-refractivity contribution in [3.8, 4) is 11.5 Å². The quantitative estimate of drug-likeness (QED) is 0.844. The molecule has 0 unspecified atom stereocenters. The van der Waals surface area contributed by atoms with Gasteiger partial charge in [0.2, 0.25) is 6.79 Å². The van der Waals surface area contributed by atoms with Gasteiger partial charge in [-0.15, -0.1) is 0 Å². The molecule has 6 nitrogen and oxygen atoms in total. The molecule has 0 saturated carbocycles. The number of halogens is 1. The Hall–Kier alpha value is -2.38. The summed E-state index contributed by atoms with van der Waals surface area (Å²) in [6, 6.07) is 6.97. The van der Waals surface area contributed by atoms with Crippen LogP contribution >= 0.6 is 23.4 Å². The van der Waals surface area contributed by atoms with Crippen LogP contribution in [0.5, 0.6) is 11.5 Å². The number of imide groups is 1. The average Bonchev–Trinajstić information content (AvgIpc) is 3.26. The van der Waals surface area contributed by atoms with E-state index >= 15 is 0 Å². The predicted octanol–water partition coefficient (Wildman–Crippen LogP) is 3.63. The monoisotopic (exact) mass is 362 g/mol. The van der Waals surface area contributed by atoms with E-state index in [1.807, 2.05) is 12.1 Å². The number of fused-ring (bicyclic) bond motifs is 1. The first kappa shape index (κ1) is 15.2. The summed E-state index contributed by atoms with van der Waals surface area (Å²) in [5.74, 6) is 0.779. The zero-order chi connectivity index (χ0) is 16.7. The molecule has 24 heavy (non-hydrogen) atoms.